The molecule has 0 saturated carbocycles. The maximum absolute atomic E-state index is 12.3. The molecule has 32 nitrogen and oxygen atoms in total. The number of ether oxygens (including phenoxy) is 4. The van der Waals surface area contributed by atoms with Crippen LogP contribution < -0.4 is 82.7 Å². The third-order valence-corrected chi connectivity index (χ3v) is 21.5. The Balaban J connectivity index is 0.000000175. The van der Waals surface area contributed by atoms with Crippen LogP contribution in [-0.4, -0.2) is 188 Å². The van der Waals surface area contributed by atoms with Crippen molar-refractivity contribution in [2.24, 2.45) is 0 Å². The Morgan fingerprint density at radius 2 is 0.545 bits per heavy atom. The van der Waals surface area contributed by atoms with E-state index in [9.17, 15) is 19.2 Å². The smallest absolute Gasteiger partial charge is 0.320 e. The second-order valence-electron chi connectivity index (χ2n) is 31.3. The fraction of sp³-hybridized carbons (Fsp3) is 0.516. The molecule has 123 heavy (non-hydrogen) atoms. The van der Waals surface area contributed by atoms with Crippen molar-refractivity contribution in [3.63, 3.8) is 0 Å². The van der Waals surface area contributed by atoms with Gasteiger partial charge in [-0.15, -0.1) is 0 Å². The van der Waals surface area contributed by atoms with Gasteiger partial charge in [0.25, 0.3) is 0 Å². The SMILES string of the molecule is C.C.C.[2H]C(CC)COc1nc(N)c2c(n1)N(Cc1cccc(CN3CCCC3)c1)CC(=O)N2.[2H]C(CCC)Oc1nc(N)c2c(n1)N(Cc1cccc(CN3CCCC3)c1)CC(=O)N2.[2H][C@@H](CC)COc1nc(N)c2c(n1)N(Cc1cccc(CN3CCCC3)c1)CC(=O)N2.[2H][C@H](CC)COc1nc(N)c2c(n1)N(Cc1cccc(CN3CCCC3)c1)CC(=O)N2. The quantitative estimate of drug-likeness (QED) is 0.0194. The number of nitrogens with zero attached hydrogens (tertiary/aromatic N) is 16. The molecule has 664 valence electrons. The van der Waals surface area contributed by atoms with Gasteiger partial charge < -0.3 is 82.7 Å². The summed E-state index contributed by atoms with van der Waals surface area (Å²) < 4.78 is 53.8. The van der Waals surface area contributed by atoms with Gasteiger partial charge in [0.1, 0.15) is 22.7 Å². The van der Waals surface area contributed by atoms with E-state index in [2.05, 4.69) is 178 Å². The Labute approximate surface area is 732 Å². The molecule has 32 heteroatoms. The van der Waals surface area contributed by atoms with Crippen LogP contribution in [0.25, 0.3) is 0 Å². The van der Waals surface area contributed by atoms with Crippen LogP contribution in [0, 0.1) is 0 Å². The first kappa shape index (κ1) is 87.9. The van der Waals surface area contributed by atoms with Gasteiger partial charge in [-0.05, 0) is 174 Å². The Morgan fingerprint density at radius 3 is 0.764 bits per heavy atom. The Kier molecular flexibility index (Phi) is 33.3. The highest BCUT2D eigenvalue weighted by Gasteiger charge is 2.33. The molecule has 12 heterocycles. The fourth-order valence-electron chi connectivity index (χ4n) is 15.6. The maximum atomic E-state index is 12.3. The molecule has 8 aliphatic heterocycles. The molecule has 0 radical (unpaired) electrons. The highest BCUT2D eigenvalue weighted by molar-refractivity contribution is 6.05. The molecule has 16 rings (SSSR count). The molecule has 4 fully saturated rings. The molecule has 0 spiro atoms. The minimum atomic E-state index is -0.753. The minimum absolute atomic E-state index is 0. The van der Waals surface area contributed by atoms with Crippen LogP contribution in [0.5, 0.6) is 24.0 Å². The summed E-state index contributed by atoms with van der Waals surface area (Å²) in [5.74, 6) is 2.19. The summed E-state index contributed by atoms with van der Waals surface area (Å²) in [6.07, 6.45) is 12.5. The molecular formula is C91H132N24O8. The zero-order valence-corrected chi connectivity index (χ0v) is 69.7. The second kappa shape index (κ2) is 46.7. The van der Waals surface area contributed by atoms with Gasteiger partial charge in [-0.3, -0.25) is 38.8 Å². The van der Waals surface area contributed by atoms with E-state index in [0.717, 1.165) is 107 Å². The molecule has 4 aromatic heterocycles. The second-order valence-corrected chi connectivity index (χ2v) is 31.3. The lowest BCUT2D eigenvalue weighted by Gasteiger charge is -2.30. The molecule has 4 amide bonds. The number of nitrogens with two attached hydrogens (primary N) is 4. The minimum Gasteiger partial charge on any atom is -0.463 e. The van der Waals surface area contributed by atoms with E-state index in [1.54, 1.807) is 0 Å². The van der Waals surface area contributed by atoms with Crippen LogP contribution in [-0.2, 0) is 71.5 Å². The van der Waals surface area contributed by atoms with Gasteiger partial charge in [-0.2, -0.15) is 39.9 Å². The molecule has 4 saturated heterocycles. The van der Waals surface area contributed by atoms with Gasteiger partial charge in [0.2, 0.25) is 23.6 Å². The van der Waals surface area contributed by atoms with E-state index in [4.69, 9.17) is 47.4 Å². The van der Waals surface area contributed by atoms with Crippen LogP contribution in [0.3, 0.4) is 0 Å². The Hall–Kier alpha value is -11.5. The number of carbonyl (C=O) groups excluding carboxylic acids is 4. The van der Waals surface area contributed by atoms with E-state index >= 15 is 0 Å². The molecule has 12 N–H and O–H groups in total. The number of hydrogen-bond acceptors (Lipinski definition) is 28. The molecule has 8 aromatic rings. The predicted octanol–water partition coefficient (Wildman–Crippen LogP) is 13.1. The van der Waals surface area contributed by atoms with Crippen molar-refractivity contribution in [2.45, 2.75) is 205 Å². The number of anilines is 12. The van der Waals surface area contributed by atoms with Crippen LogP contribution in [0.2, 0.25) is 0 Å². The van der Waals surface area contributed by atoms with Crippen molar-refractivity contribution in [3.8, 4) is 24.0 Å². The first-order valence-corrected chi connectivity index (χ1v) is 42.4. The fourth-order valence-corrected chi connectivity index (χ4v) is 15.6. The van der Waals surface area contributed by atoms with Crippen LogP contribution in [0.4, 0.5) is 69.3 Å². The lowest BCUT2D eigenvalue weighted by atomic mass is 10.1. The summed E-state index contributed by atoms with van der Waals surface area (Å²) in [4.78, 5) is 101. The number of nitrogens with one attached hydrogen (secondary N) is 4. The molecular weight excluding hydrogens is 1560 g/mol. The number of nitrogen functional groups attached to an aromatic ring is 4. The highest BCUT2D eigenvalue weighted by atomic mass is 16.5. The van der Waals surface area contributed by atoms with E-state index in [0.29, 0.717) is 97.9 Å². The van der Waals surface area contributed by atoms with E-state index in [1.165, 1.54) is 73.6 Å². The monoisotopic (exact) mass is 1690 g/mol. The van der Waals surface area contributed by atoms with Crippen molar-refractivity contribution in [1.82, 2.24) is 59.5 Å². The third kappa shape index (κ3) is 26.8. The largest absolute Gasteiger partial charge is 0.463 e. The normalized spacial score (nSPS) is 17.5. The van der Waals surface area contributed by atoms with E-state index in [1.807, 2.05) is 47.3 Å². The lowest BCUT2D eigenvalue weighted by molar-refractivity contribution is -0.116. The summed E-state index contributed by atoms with van der Waals surface area (Å²) >= 11 is 0. The lowest BCUT2D eigenvalue weighted by Crippen LogP contribution is -2.39. The van der Waals surface area contributed by atoms with Gasteiger partial charge in [-0.25, -0.2) is 0 Å². The zero-order chi connectivity index (χ0) is 87.2. The Bertz CT molecular complexity index is 4590. The highest BCUT2D eigenvalue weighted by Crippen LogP contribution is 2.39. The molecule has 8 aliphatic rings. The molecule has 4 atom stereocenters. The summed E-state index contributed by atoms with van der Waals surface area (Å²) in [6, 6.07) is 34.3. The van der Waals surface area contributed by atoms with Crippen molar-refractivity contribution < 1.29 is 43.6 Å². The predicted molar refractivity (Wildman–Crippen MR) is 490 cm³/mol. The van der Waals surface area contributed by atoms with Crippen molar-refractivity contribution in [1.29, 1.82) is 0 Å². The third-order valence-electron chi connectivity index (χ3n) is 21.5. The number of fused-ring (bicyclic) bond motifs is 4. The van der Waals surface area contributed by atoms with Crippen molar-refractivity contribution in [3.05, 3.63) is 142 Å². The average molecular weight is 1690 g/mol. The standard InChI is InChI=1S/4C22H30N6O2.3CH4/c4*1-2-3-11-30-22-25-20(23)19-21(26-22)28(15-18(29)24-19)14-17-8-6-7-16(12-17)13-27-9-4-5-10-27;;;/h4*6-8,12H,2-5,9-11,13-15H2,1H3,(H,24,29)(H2,23,25,26);3*1H4/i11D;3*3D;;;/t;2*3-;;;;/m.10..../s1. The van der Waals surface area contributed by atoms with Gasteiger partial charge in [0.05, 0.1) is 54.0 Å². The molecule has 2 unspecified atom stereocenters. The summed E-state index contributed by atoms with van der Waals surface area (Å²) in [5.41, 5.74) is 35.5. The summed E-state index contributed by atoms with van der Waals surface area (Å²) in [5, 5.41) is 11.1. The van der Waals surface area contributed by atoms with Gasteiger partial charge in [0.15, 0.2) is 46.5 Å². The number of hydrogen-bond donors (Lipinski definition) is 8. The first-order valence-electron chi connectivity index (χ1n) is 44.7. The topological polar surface area (TPSA) is 386 Å². The van der Waals surface area contributed by atoms with Crippen molar-refractivity contribution >= 4 is 92.9 Å². The van der Waals surface area contributed by atoms with Gasteiger partial charge in [0, 0.05) is 56.5 Å². The van der Waals surface area contributed by atoms with Crippen molar-refractivity contribution in [2.75, 3.05) is 169 Å². The van der Waals surface area contributed by atoms with Crippen LogP contribution >= 0.6 is 0 Å². The van der Waals surface area contributed by atoms with Crippen LogP contribution in [0.15, 0.2) is 97.1 Å². The number of carbonyl (C=O) groups is 4. The Morgan fingerprint density at radius 1 is 0.325 bits per heavy atom. The first-order chi connectivity index (χ1) is 60.0. The summed E-state index contributed by atoms with van der Waals surface area (Å²) in [7, 11) is 0. The number of aromatic nitrogens is 8. The average Bonchev–Trinajstić information content (AvgIpc) is 0.943. The van der Waals surface area contributed by atoms with Gasteiger partial charge >= 0.3 is 24.0 Å². The summed E-state index contributed by atoms with van der Waals surface area (Å²) in [6.45, 7) is 23.4. The number of amides is 4. The zero-order valence-electron chi connectivity index (χ0n) is 73.7. The molecule has 4 aromatic carbocycles. The van der Waals surface area contributed by atoms with E-state index in [-0.39, 0.29) is 158 Å². The van der Waals surface area contributed by atoms with E-state index < -0.39 is 6.58 Å². The van der Waals surface area contributed by atoms with Gasteiger partial charge in [-0.1, -0.05) is 173 Å². The number of rotatable bonds is 32. The molecule has 0 bridgehead atoms. The van der Waals surface area contributed by atoms with Crippen LogP contribution in [0.1, 0.15) is 203 Å². The maximum Gasteiger partial charge on any atom is 0.320 e. The number of benzene rings is 4. The number of likely N-dealkylation sites (tertiary alicyclic amines) is 4. The molecule has 0 aliphatic carbocycles.